The number of nitrogens with one attached hydrogen (secondary N) is 13. The minimum absolute atomic E-state index is 0.0185. The van der Waals surface area contributed by atoms with Gasteiger partial charge in [0.1, 0.15) is 29.0 Å². The molecule has 0 aliphatic heterocycles. The molecule has 32 nitrogen and oxygen atoms in total. The number of hydrogen-bond acceptors (Lipinski definition) is 18. The van der Waals surface area contributed by atoms with Crippen LogP contribution in [0.1, 0.15) is 121 Å². The lowest BCUT2D eigenvalue weighted by Crippen LogP contribution is -2.43. The standard InChI is InChI=1S/C71H92N18O14/c1-100-59-21-17-39(33-55(90)49(72)12-7-25-81-68(73)74)29-45(59)63(94)86-51(14-8-26-82-69(75)76)56(91)34-40-18-22-60(101-2)46(30-40)64(95)87-52(15-9-27-83-70(77)78)57(92)35-41-19-23-61(102-3)47(31-41)65(96)88-53(16-10-28-84-71(79)80)58(93)36-42-20-24-62(103-4)48(32-42)66(97)89-54(67(98)99)37-43-38-85-50-13-6-5-11-44(43)50/h5-6,11,13,17-24,29-32,38,49,51-54,85H,7-10,12,14-16,25-28,33-37,72H2,1-4H3,(H,86,94)(H,87,95)(H,88,96)(H,89,97)(H,98,99)(H4,73,74,81)(H4,75,76,82)(H4,77,78,83)(H4,79,80,84)/t49-,51-,52-,53-,54-/m1/s1. The molecule has 1 heterocycles. The van der Waals surface area contributed by atoms with Crippen molar-refractivity contribution in [1.82, 2.24) is 47.5 Å². The number of hydrogen-bond donors (Lipinski definition) is 19. The molecule has 0 unspecified atom stereocenters. The molecular formula is C71H92N18O14. The summed E-state index contributed by atoms with van der Waals surface area (Å²) < 4.78 is 22.2. The predicted octanol–water partition coefficient (Wildman–Crippen LogP) is 1.85. The van der Waals surface area contributed by atoms with Gasteiger partial charge < -0.3 is 100 Å². The molecule has 103 heavy (non-hydrogen) atoms. The number of fused-ring (bicyclic) bond motifs is 1. The Labute approximate surface area is 594 Å². The number of para-hydroxylation sites is 1. The number of ketones is 4. The maximum Gasteiger partial charge on any atom is 0.326 e. The number of carbonyl (C=O) groups excluding carboxylic acids is 8. The van der Waals surface area contributed by atoms with Crippen LogP contribution in [0.25, 0.3) is 10.9 Å². The lowest BCUT2D eigenvalue weighted by molar-refractivity contribution is -0.139. The molecule has 5 aromatic carbocycles. The number of aromatic amines is 1. The third kappa shape index (κ3) is 24.6. The van der Waals surface area contributed by atoms with Crippen molar-refractivity contribution >= 4 is 87.5 Å². The molecule has 0 aliphatic carbocycles. The van der Waals surface area contributed by atoms with Crippen LogP contribution < -0.4 is 90.2 Å². The molecular weight excluding hydrogens is 1330 g/mol. The number of amides is 4. The molecule has 0 radical (unpaired) electrons. The lowest BCUT2D eigenvalue weighted by Gasteiger charge is -2.21. The first kappa shape index (κ1) is 79.9. The first-order valence-corrected chi connectivity index (χ1v) is 33.1. The van der Waals surface area contributed by atoms with E-state index in [1.54, 1.807) is 30.5 Å². The number of H-pyrrole nitrogens is 1. The molecule has 0 saturated carbocycles. The summed E-state index contributed by atoms with van der Waals surface area (Å²) in [6, 6.07) is 19.5. The van der Waals surface area contributed by atoms with Crippen LogP contribution in [-0.4, -0.2) is 171 Å². The quantitative estimate of drug-likeness (QED) is 0.0148. The summed E-state index contributed by atoms with van der Waals surface area (Å²) in [6.45, 7) is 0.820. The van der Waals surface area contributed by atoms with Gasteiger partial charge in [-0.3, -0.25) is 60.0 Å². The third-order valence-corrected chi connectivity index (χ3v) is 16.7. The number of aromatic nitrogens is 1. The summed E-state index contributed by atoms with van der Waals surface area (Å²) in [5, 5.41) is 63.0. The van der Waals surface area contributed by atoms with Gasteiger partial charge in [0.15, 0.2) is 47.0 Å². The minimum Gasteiger partial charge on any atom is -0.496 e. The van der Waals surface area contributed by atoms with Gasteiger partial charge in [-0.1, -0.05) is 42.5 Å². The van der Waals surface area contributed by atoms with Crippen molar-refractivity contribution in [2.75, 3.05) is 54.6 Å². The second-order valence-corrected chi connectivity index (χ2v) is 24.3. The minimum atomic E-state index is -1.36. The summed E-state index contributed by atoms with van der Waals surface area (Å²) in [7, 11) is 5.34. The molecule has 5 atom stereocenters. The van der Waals surface area contributed by atoms with E-state index in [1.807, 2.05) is 24.3 Å². The molecule has 32 heteroatoms. The molecule has 0 aliphatic rings. The molecule has 6 aromatic rings. The number of aliphatic carboxylic acids is 1. The van der Waals surface area contributed by atoms with Crippen LogP contribution in [0, 0.1) is 21.6 Å². The number of guanidine groups is 4. The van der Waals surface area contributed by atoms with Crippen LogP contribution in [0.5, 0.6) is 23.0 Å². The van der Waals surface area contributed by atoms with Gasteiger partial charge in [0, 0.05) is 75.4 Å². The second kappa shape index (κ2) is 39.6. The van der Waals surface area contributed by atoms with E-state index >= 15 is 0 Å². The van der Waals surface area contributed by atoms with Gasteiger partial charge in [0.2, 0.25) is 0 Å². The van der Waals surface area contributed by atoms with Crippen molar-refractivity contribution in [2.24, 2.45) is 28.7 Å². The normalized spacial score (nSPS) is 12.3. The summed E-state index contributed by atoms with van der Waals surface area (Å²) >= 11 is 0. The molecule has 6 rings (SSSR count). The summed E-state index contributed by atoms with van der Waals surface area (Å²) in [5.74, 6) is -6.87. The highest BCUT2D eigenvalue weighted by Crippen LogP contribution is 2.28. The molecule has 550 valence electrons. The van der Waals surface area contributed by atoms with Crippen LogP contribution in [0.3, 0.4) is 0 Å². The summed E-state index contributed by atoms with van der Waals surface area (Å²) in [5.41, 5.74) is 30.8. The maximum atomic E-state index is 14.6. The molecule has 4 amide bonds. The Morgan fingerprint density at radius 3 is 1.04 bits per heavy atom. The van der Waals surface area contributed by atoms with Crippen LogP contribution in [0.2, 0.25) is 0 Å². The Balaban J connectivity index is 1.20. The van der Waals surface area contributed by atoms with Gasteiger partial charge in [0.25, 0.3) is 23.6 Å². The summed E-state index contributed by atoms with van der Waals surface area (Å²) in [4.78, 5) is 129. The first-order valence-electron chi connectivity index (χ1n) is 33.1. The van der Waals surface area contributed by atoms with Gasteiger partial charge >= 0.3 is 5.97 Å². The third-order valence-electron chi connectivity index (χ3n) is 16.7. The van der Waals surface area contributed by atoms with E-state index in [4.69, 9.17) is 69.3 Å². The Bertz CT molecular complexity index is 4080. The van der Waals surface area contributed by atoms with Gasteiger partial charge in [-0.25, -0.2) is 4.79 Å². The Hall–Kier alpha value is -12.1. The van der Waals surface area contributed by atoms with Gasteiger partial charge in [-0.05, 0) is 134 Å². The number of ether oxygens (including phenoxy) is 4. The van der Waals surface area contributed by atoms with Gasteiger partial charge in [-0.15, -0.1) is 0 Å². The number of carboxylic acid groups (broad SMARTS) is 1. The van der Waals surface area contributed by atoms with Crippen LogP contribution in [0.4, 0.5) is 0 Å². The molecule has 1 aromatic heterocycles. The molecule has 0 spiro atoms. The average molecular weight is 1420 g/mol. The van der Waals surface area contributed by atoms with Crippen LogP contribution in [0.15, 0.2) is 103 Å². The predicted molar refractivity (Wildman–Crippen MR) is 386 cm³/mol. The van der Waals surface area contributed by atoms with E-state index in [2.05, 4.69) is 47.5 Å². The average Bonchev–Trinajstić information content (AvgIpc) is 1.79. The van der Waals surface area contributed by atoms with Gasteiger partial charge in [-0.2, -0.15) is 0 Å². The van der Waals surface area contributed by atoms with Crippen LogP contribution >= 0.6 is 0 Å². The van der Waals surface area contributed by atoms with Crippen LogP contribution in [-0.2, 0) is 56.1 Å². The van der Waals surface area contributed by atoms with Gasteiger partial charge in [0.05, 0.1) is 74.9 Å². The number of carboxylic acids is 1. The van der Waals surface area contributed by atoms with Crippen molar-refractivity contribution in [3.05, 3.63) is 153 Å². The van der Waals surface area contributed by atoms with Crippen molar-refractivity contribution in [3.63, 3.8) is 0 Å². The Morgan fingerprint density at radius 1 is 0.427 bits per heavy atom. The monoisotopic (exact) mass is 1420 g/mol. The zero-order chi connectivity index (χ0) is 75.3. The topological polar surface area (TPSA) is 548 Å². The Kier molecular flexibility index (Phi) is 30.7. The summed E-state index contributed by atoms with van der Waals surface area (Å²) in [6.07, 6.45) is 2.13. The van der Waals surface area contributed by atoms with E-state index in [1.165, 1.54) is 77.0 Å². The zero-order valence-corrected chi connectivity index (χ0v) is 57.9. The maximum absolute atomic E-state index is 14.6. The lowest BCUT2D eigenvalue weighted by atomic mass is 9.96. The smallest absolute Gasteiger partial charge is 0.326 e. The zero-order valence-electron chi connectivity index (χ0n) is 57.9. The number of methoxy groups -OCH3 is 4. The highest BCUT2D eigenvalue weighted by Gasteiger charge is 2.31. The van der Waals surface area contributed by atoms with E-state index < -0.39 is 77.2 Å². The van der Waals surface area contributed by atoms with E-state index in [-0.39, 0.29) is 165 Å². The highest BCUT2D eigenvalue weighted by molar-refractivity contribution is 6.04. The molecule has 24 N–H and O–H groups in total. The fourth-order valence-electron chi connectivity index (χ4n) is 11.4. The second-order valence-electron chi connectivity index (χ2n) is 24.3. The van der Waals surface area contributed by atoms with Crippen molar-refractivity contribution in [1.29, 1.82) is 21.6 Å². The van der Waals surface area contributed by atoms with E-state index in [9.17, 15) is 48.3 Å². The fraction of sp³-hybridized carbons (Fsp3) is 0.366. The highest BCUT2D eigenvalue weighted by atomic mass is 16.5. The fourth-order valence-corrected chi connectivity index (χ4v) is 11.4. The number of nitrogens with two attached hydrogens (primary N) is 5. The van der Waals surface area contributed by atoms with Crippen molar-refractivity contribution < 1.29 is 67.2 Å². The van der Waals surface area contributed by atoms with E-state index in [0.717, 1.165) is 10.9 Å². The number of carbonyl (C=O) groups is 9. The SMILES string of the molecule is COc1ccc(CC(=O)[C@@H](CCCNC(=N)N)NC(=O)c2cc(CC(=O)[C@@H](CCCNC(=N)N)NC(=O)c3cc(CC(=O)[C@@H](CCCNC(=N)N)NC(=O)c4cc(CC(=O)[C@H](N)CCCNC(=N)N)ccc4OC)ccc3OC)ccc2OC)cc1C(=O)N[C@H](Cc1c[nH]c2ccccc12)C(=O)O. The number of Topliss-reactive ketones (excluding diaryl/α,β-unsaturated/α-hetero) is 4. The van der Waals surface area contributed by atoms with Crippen molar-refractivity contribution in [2.45, 2.75) is 114 Å². The Morgan fingerprint density at radius 2 is 0.728 bits per heavy atom. The molecule has 0 saturated heterocycles. The van der Waals surface area contributed by atoms with E-state index in [0.29, 0.717) is 47.2 Å². The molecule has 0 fully saturated rings. The number of rotatable bonds is 43. The largest absolute Gasteiger partial charge is 0.496 e. The number of benzene rings is 5. The first-order chi connectivity index (χ1) is 49.2. The molecule has 0 bridgehead atoms. The van der Waals surface area contributed by atoms with Crippen molar-refractivity contribution in [3.8, 4) is 23.0 Å².